The van der Waals surface area contributed by atoms with Gasteiger partial charge in [-0.15, -0.1) is 0 Å². The largest absolute Gasteiger partial charge is 0.495 e. The molecule has 0 spiro atoms. The van der Waals surface area contributed by atoms with E-state index < -0.39 is 23.1 Å². The van der Waals surface area contributed by atoms with Crippen molar-refractivity contribution in [2.24, 2.45) is 0 Å². The molecule has 11 nitrogen and oxygen atoms in total. The van der Waals surface area contributed by atoms with E-state index in [1.807, 2.05) is 6.07 Å². The molecule has 2 aromatic heterocycles. The molecule has 1 amide bonds. The molecule has 49 heavy (non-hydrogen) atoms. The molecule has 0 aliphatic carbocycles. The molecule has 2 aliphatic heterocycles. The summed E-state index contributed by atoms with van der Waals surface area (Å²) in [5, 5.41) is 6.68. The van der Waals surface area contributed by atoms with Gasteiger partial charge in [0.2, 0.25) is 0 Å². The first-order valence-electron chi connectivity index (χ1n) is 15.8. The van der Waals surface area contributed by atoms with Crippen LogP contribution in [0.25, 0.3) is 16.6 Å². The maximum absolute atomic E-state index is 15.5. The van der Waals surface area contributed by atoms with Gasteiger partial charge in [-0.2, -0.15) is 0 Å². The van der Waals surface area contributed by atoms with E-state index in [1.54, 1.807) is 31.6 Å². The molecular formula is C36H33F2N5O6. The molecule has 1 saturated heterocycles. The number of anilines is 2. The molecule has 2 N–H and O–H groups in total. The number of pyridine rings is 2. The molecule has 3 aromatic carbocycles. The molecule has 2 aliphatic rings. The monoisotopic (exact) mass is 669 g/mol. The fourth-order valence-electron chi connectivity index (χ4n) is 5.94. The second-order valence-electron chi connectivity index (χ2n) is 11.6. The van der Waals surface area contributed by atoms with Gasteiger partial charge in [-0.3, -0.25) is 24.0 Å². The third kappa shape index (κ3) is 6.76. The molecule has 0 atom stereocenters. The number of rotatable bonds is 10. The smallest absolute Gasteiger partial charge is 0.271 e. The van der Waals surface area contributed by atoms with Crippen molar-refractivity contribution < 1.29 is 32.5 Å². The van der Waals surface area contributed by atoms with E-state index >= 15 is 4.39 Å². The Bertz CT molecular complexity index is 2080. The topological polar surface area (TPSA) is 116 Å². The Hall–Kier alpha value is -5.53. The minimum atomic E-state index is -0.768. The molecule has 13 heteroatoms. The molecular weight excluding hydrogens is 636 g/mol. The summed E-state index contributed by atoms with van der Waals surface area (Å²) in [7, 11) is 1.59. The lowest BCUT2D eigenvalue weighted by Crippen LogP contribution is -2.39. The molecule has 252 valence electrons. The number of nitrogens with one attached hydrogen (secondary N) is 2. The summed E-state index contributed by atoms with van der Waals surface area (Å²) < 4.78 is 53.0. The molecule has 5 aromatic rings. The summed E-state index contributed by atoms with van der Waals surface area (Å²) in [6, 6.07) is 14.6. The van der Waals surface area contributed by atoms with Crippen LogP contribution >= 0.6 is 0 Å². The van der Waals surface area contributed by atoms with Gasteiger partial charge in [-0.05, 0) is 48.5 Å². The molecule has 1 fully saturated rings. The SMILES string of the molecule is COc1cc2nccc(Oc3ccc(NC(=O)c4c5c(cn(-c6ccc(F)cc6)c4=O)CCO5)cc3F)c2cc1NCCN1CCOCC1. The zero-order chi connectivity index (χ0) is 33.9. The Morgan fingerprint density at radius 2 is 1.80 bits per heavy atom. The van der Waals surface area contributed by atoms with Crippen LogP contribution < -0.4 is 30.4 Å². The van der Waals surface area contributed by atoms with Gasteiger partial charge in [0, 0.05) is 79.5 Å². The van der Waals surface area contributed by atoms with Crippen LogP contribution in [-0.2, 0) is 11.2 Å². The number of morpholine rings is 1. The zero-order valence-electron chi connectivity index (χ0n) is 26.6. The number of carbonyl (C=O) groups is 1. The first kappa shape index (κ1) is 32.0. The van der Waals surface area contributed by atoms with E-state index in [2.05, 4.69) is 20.5 Å². The fourth-order valence-corrected chi connectivity index (χ4v) is 5.94. The van der Waals surface area contributed by atoms with Crippen molar-refractivity contribution in [2.75, 3.05) is 63.7 Å². The molecule has 0 bridgehead atoms. The standard InChI is InChI=1S/C36H33F2N5O6/c1-46-32-20-28-26(19-29(32)40-11-12-42-13-16-47-17-14-42)30(8-10-39-28)49-31-7-4-24(18-27(31)38)41-35(44)33-34-22(9-15-48-34)21-43(36(33)45)25-5-2-23(37)3-6-25/h2-8,10,18-21,40H,9,11-17H2,1H3,(H,41,44). The molecule has 0 saturated carbocycles. The number of amides is 1. The third-order valence-electron chi connectivity index (χ3n) is 8.47. The number of carbonyl (C=O) groups excluding carboxylic acids is 1. The Morgan fingerprint density at radius 1 is 0.980 bits per heavy atom. The Morgan fingerprint density at radius 3 is 2.57 bits per heavy atom. The van der Waals surface area contributed by atoms with Gasteiger partial charge in [-0.25, -0.2) is 8.78 Å². The minimum absolute atomic E-state index is 0.0780. The van der Waals surface area contributed by atoms with E-state index in [0.717, 1.165) is 44.6 Å². The second-order valence-corrected chi connectivity index (χ2v) is 11.6. The Kier molecular flexibility index (Phi) is 9.09. The number of halogens is 2. The lowest BCUT2D eigenvalue weighted by Gasteiger charge is -2.26. The van der Waals surface area contributed by atoms with Crippen molar-refractivity contribution in [1.82, 2.24) is 14.5 Å². The predicted octanol–water partition coefficient (Wildman–Crippen LogP) is 5.40. The number of methoxy groups -OCH3 is 1. The zero-order valence-corrected chi connectivity index (χ0v) is 26.6. The summed E-state index contributed by atoms with van der Waals surface area (Å²) in [5.74, 6) is -0.873. The van der Waals surface area contributed by atoms with Crippen molar-refractivity contribution in [3.05, 3.63) is 106 Å². The van der Waals surface area contributed by atoms with Crippen LogP contribution in [0.1, 0.15) is 15.9 Å². The van der Waals surface area contributed by atoms with Gasteiger partial charge in [0.05, 0.1) is 38.1 Å². The van der Waals surface area contributed by atoms with Gasteiger partial charge < -0.3 is 29.6 Å². The van der Waals surface area contributed by atoms with Crippen LogP contribution in [0.3, 0.4) is 0 Å². The molecule has 4 heterocycles. The van der Waals surface area contributed by atoms with Crippen LogP contribution in [0.4, 0.5) is 20.2 Å². The van der Waals surface area contributed by atoms with Crippen molar-refractivity contribution in [3.8, 4) is 28.7 Å². The highest BCUT2D eigenvalue weighted by atomic mass is 19.1. The van der Waals surface area contributed by atoms with Crippen molar-refractivity contribution in [2.45, 2.75) is 6.42 Å². The van der Waals surface area contributed by atoms with E-state index in [1.165, 1.54) is 41.0 Å². The van der Waals surface area contributed by atoms with Crippen molar-refractivity contribution in [3.63, 3.8) is 0 Å². The number of ether oxygens (including phenoxy) is 4. The molecule has 0 unspecified atom stereocenters. The maximum Gasteiger partial charge on any atom is 0.271 e. The number of fused-ring (bicyclic) bond motifs is 2. The van der Waals surface area contributed by atoms with Crippen LogP contribution in [-0.4, -0.2) is 73.5 Å². The first-order chi connectivity index (χ1) is 23.9. The lowest BCUT2D eigenvalue weighted by molar-refractivity contribution is 0.0398. The van der Waals surface area contributed by atoms with Crippen LogP contribution in [0.2, 0.25) is 0 Å². The second kappa shape index (κ2) is 13.9. The van der Waals surface area contributed by atoms with E-state index in [0.29, 0.717) is 53.2 Å². The fraction of sp³-hybridized carbons (Fsp3) is 0.250. The summed E-state index contributed by atoms with van der Waals surface area (Å²) in [5.41, 5.74) is 1.61. The highest BCUT2D eigenvalue weighted by molar-refractivity contribution is 6.06. The van der Waals surface area contributed by atoms with Crippen LogP contribution in [0.15, 0.2) is 77.9 Å². The molecule has 7 rings (SSSR count). The number of aromatic nitrogens is 2. The number of hydrogen-bond acceptors (Lipinski definition) is 9. The highest BCUT2D eigenvalue weighted by Gasteiger charge is 2.27. The quantitative estimate of drug-likeness (QED) is 0.202. The number of benzene rings is 3. The van der Waals surface area contributed by atoms with Crippen LogP contribution in [0, 0.1) is 11.6 Å². The first-order valence-corrected chi connectivity index (χ1v) is 15.8. The number of nitrogens with zero attached hydrogens (tertiary/aromatic N) is 3. The minimum Gasteiger partial charge on any atom is -0.495 e. The average Bonchev–Trinajstić information content (AvgIpc) is 3.58. The summed E-state index contributed by atoms with van der Waals surface area (Å²) in [6.07, 6.45) is 3.64. The van der Waals surface area contributed by atoms with Crippen LogP contribution in [0.5, 0.6) is 23.0 Å². The molecule has 0 radical (unpaired) electrons. The third-order valence-corrected chi connectivity index (χ3v) is 8.47. The Labute approximate surface area is 280 Å². The normalized spacial score (nSPS) is 14.3. The maximum atomic E-state index is 15.5. The van der Waals surface area contributed by atoms with Gasteiger partial charge >= 0.3 is 0 Å². The van der Waals surface area contributed by atoms with E-state index in [-0.39, 0.29) is 22.7 Å². The summed E-state index contributed by atoms with van der Waals surface area (Å²) >= 11 is 0. The summed E-state index contributed by atoms with van der Waals surface area (Å²) in [6.45, 7) is 5.01. The van der Waals surface area contributed by atoms with E-state index in [9.17, 15) is 14.0 Å². The lowest BCUT2D eigenvalue weighted by atomic mass is 10.1. The van der Waals surface area contributed by atoms with Gasteiger partial charge in [0.25, 0.3) is 11.5 Å². The Balaban J connectivity index is 1.11. The van der Waals surface area contributed by atoms with Gasteiger partial charge in [-0.1, -0.05) is 0 Å². The number of hydrogen-bond donors (Lipinski definition) is 2. The average molecular weight is 670 g/mol. The van der Waals surface area contributed by atoms with Crippen molar-refractivity contribution >= 4 is 28.2 Å². The van der Waals surface area contributed by atoms with Gasteiger partial charge in [0.15, 0.2) is 11.6 Å². The predicted molar refractivity (Wildman–Crippen MR) is 180 cm³/mol. The highest BCUT2D eigenvalue weighted by Crippen LogP contribution is 2.37. The van der Waals surface area contributed by atoms with Gasteiger partial charge in [0.1, 0.15) is 28.6 Å². The van der Waals surface area contributed by atoms with Crippen molar-refractivity contribution in [1.29, 1.82) is 0 Å². The van der Waals surface area contributed by atoms with E-state index in [4.69, 9.17) is 18.9 Å². The summed E-state index contributed by atoms with van der Waals surface area (Å²) in [4.78, 5) is 33.7.